The second kappa shape index (κ2) is 5.35. The first-order chi connectivity index (χ1) is 9.62. The molecular formula is C11H15N3O5S2. The SMILES string of the molecule is CC1SCC(C(=O)O)N1C(=O)c1cc(S(N)(=O)=O)cn1C. The van der Waals surface area contributed by atoms with Crippen LogP contribution in [0.15, 0.2) is 17.2 Å². The standard InChI is InChI=1S/C11H15N3O5S2/c1-6-14(9(5-20-6)11(16)17)10(15)8-3-7(4-13(8)2)21(12,18)19/h3-4,6,9H,5H2,1-2H3,(H,16,17)(H2,12,18,19). The molecule has 1 aliphatic rings. The van der Waals surface area contributed by atoms with Gasteiger partial charge in [-0.1, -0.05) is 0 Å². The van der Waals surface area contributed by atoms with Gasteiger partial charge in [-0.3, -0.25) is 4.79 Å². The van der Waals surface area contributed by atoms with E-state index in [1.54, 1.807) is 6.92 Å². The second-order valence-corrected chi connectivity index (χ2v) is 7.63. The molecule has 1 aromatic rings. The summed E-state index contributed by atoms with van der Waals surface area (Å²) in [5.41, 5.74) is 0.0830. The van der Waals surface area contributed by atoms with Gasteiger partial charge in [0.1, 0.15) is 16.6 Å². The number of nitrogens with two attached hydrogens (primary N) is 1. The highest BCUT2D eigenvalue weighted by molar-refractivity contribution is 8.00. The number of thioether (sulfide) groups is 1. The lowest BCUT2D eigenvalue weighted by Gasteiger charge is -2.25. The molecule has 3 N–H and O–H groups in total. The van der Waals surface area contributed by atoms with Crippen molar-refractivity contribution in [3.8, 4) is 0 Å². The van der Waals surface area contributed by atoms with E-state index >= 15 is 0 Å². The third-order valence-corrected chi connectivity index (χ3v) is 5.37. The fourth-order valence-corrected chi connectivity index (χ4v) is 3.92. The number of rotatable bonds is 3. The summed E-state index contributed by atoms with van der Waals surface area (Å²) in [6, 6.07) is 0.233. The number of carbonyl (C=O) groups is 2. The topological polar surface area (TPSA) is 123 Å². The molecule has 1 saturated heterocycles. The van der Waals surface area contributed by atoms with E-state index in [1.165, 1.54) is 34.5 Å². The van der Waals surface area contributed by atoms with Crippen molar-refractivity contribution in [1.82, 2.24) is 9.47 Å². The predicted molar refractivity (Wildman–Crippen MR) is 76.3 cm³/mol. The van der Waals surface area contributed by atoms with E-state index in [2.05, 4.69) is 0 Å². The number of hydrogen-bond donors (Lipinski definition) is 2. The minimum absolute atomic E-state index is 0.0830. The quantitative estimate of drug-likeness (QED) is 0.780. The lowest BCUT2D eigenvalue weighted by molar-refractivity contribution is -0.141. The smallest absolute Gasteiger partial charge is 0.327 e. The summed E-state index contributed by atoms with van der Waals surface area (Å²) in [7, 11) is -2.41. The minimum atomic E-state index is -3.92. The number of sulfonamides is 1. The van der Waals surface area contributed by atoms with Crippen LogP contribution in [0.5, 0.6) is 0 Å². The minimum Gasteiger partial charge on any atom is -0.480 e. The Hall–Kier alpha value is -1.52. The average molecular weight is 333 g/mol. The van der Waals surface area contributed by atoms with Crippen LogP contribution in [-0.2, 0) is 21.9 Å². The maximum atomic E-state index is 12.5. The van der Waals surface area contributed by atoms with Crippen molar-refractivity contribution in [1.29, 1.82) is 0 Å². The largest absolute Gasteiger partial charge is 0.480 e. The van der Waals surface area contributed by atoms with E-state index in [1.807, 2.05) is 0 Å². The van der Waals surface area contributed by atoms with Gasteiger partial charge >= 0.3 is 5.97 Å². The summed E-state index contributed by atoms with van der Waals surface area (Å²) in [5.74, 6) is -1.31. The third kappa shape index (κ3) is 2.92. The summed E-state index contributed by atoms with van der Waals surface area (Å²) in [6.07, 6.45) is 1.23. The molecule has 1 fully saturated rings. The number of aryl methyl sites for hydroxylation is 1. The van der Waals surface area contributed by atoms with Crippen LogP contribution >= 0.6 is 11.8 Å². The van der Waals surface area contributed by atoms with Crippen molar-refractivity contribution < 1.29 is 23.1 Å². The van der Waals surface area contributed by atoms with Crippen LogP contribution in [0.25, 0.3) is 0 Å². The Morgan fingerprint density at radius 2 is 2.10 bits per heavy atom. The van der Waals surface area contributed by atoms with Gasteiger partial charge < -0.3 is 14.6 Å². The van der Waals surface area contributed by atoms with E-state index in [-0.39, 0.29) is 16.0 Å². The van der Waals surface area contributed by atoms with Gasteiger partial charge in [-0.2, -0.15) is 0 Å². The number of primary sulfonamides is 1. The zero-order valence-electron chi connectivity index (χ0n) is 11.4. The molecule has 0 saturated carbocycles. The number of nitrogens with zero attached hydrogens (tertiary/aromatic N) is 2. The molecule has 0 aliphatic carbocycles. The molecule has 1 aliphatic heterocycles. The second-order valence-electron chi connectivity index (χ2n) is 4.72. The Morgan fingerprint density at radius 3 is 2.57 bits per heavy atom. The summed E-state index contributed by atoms with van der Waals surface area (Å²) in [4.78, 5) is 24.8. The molecule has 2 rings (SSSR count). The normalized spacial score (nSPS) is 22.5. The Balaban J connectivity index is 2.40. The molecule has 2 heterocycles. The molecular weight excluding hydrogens is 318 g/mol. The van der Waals surface area contributed by atoms with Crippen LogP contribution < -0.4 is 5.14 Å². The number of carboxylic acids is 1. The molecule has 21 heavy (non-hydrogen) atoms. The van der Waals surface area contributed by atoms with Crippen LogP contribution in [0, 0.1) is 0 Å². The van der Waals surface area contributed by atoms with Gasteiger partial charge in [0.05, 0.1) is 5.37 Å². The number of aliphatic carboxylic acids is 1. The molecule has 1 aromatic heterocycles. The van der Waals surface area contributed by atoms with E-state index in [0.717, 1.165) is 6.07 Å². The Labute approximate surface area is 126 Å². The number of amides is 1. The maximum Gasteiger partial charge on any atom is 0.327 e. The maximum absolute atomic E-state index is 12.5. The van der Waals surface area contributed by atoms with E-state index in [9.17, 15) is 23.1 Å². The molecule has 1 amide bonds. The highest BCUT2D eigenvalue weighted by Crippen LogP contribution is 2.30. The summed E-state index contributed by atoms with van der Waals surface area (Å²) < 4.78 is 24.0. The molecule has 2 atom stereocenters. The van der Waals surface area contributed by atoms with Crippen molar-refractivity contribution in [2.75, 3.05) is 5.75 Å². The van der Waals surface area contributed by atoms with Crippen LogP contribution in [-0.4, -0.2) is 52.0 Å². The molecule has 0 bridgehead atoms. The van der Waals surface area contributed by atoms with Crippen molar-refractivity contribution in [3.63, 3.8) is 0 Å². The number of aromatic nitrogens is 1. The summed E-state index contributed by atoms with van der Waals surface area (Å²) in [6.45, 7) is 1.73. The molecule has 10 heteroatoms. The Bertz CT molecular complexity index is 697. The van der Waals surface area contributed by atoms with Crippen LogP contribution in [0.2, 0.25) is 0 Å². The first-order valence-electron chi connectivity index (χ1n) is 5.99. The fourth-order valence-electron chi connectivity index (χ4n) is 2.18. The van der Waals surface area contributed by atoms with Gasteiger partial charge in [-0.15, -0.1) is 11.8 Å². The van der Waals surface area contributed by atoms with E-state index in [0.29, 0.717) is 5.75 Å². The van der Waals surface area contributed by atoms with Crippen molar-refractivity contribution >= 4 is 33.7 Å². The van der Waals surface area contributed by atoms with Gasteiger partial charge in [-0.05, 0) is 13.0 Å². The van der Waals surface area contributed by atoms with E-state index < -0.39 is 27.9 Å². The zero-order chi connectivity index (χ0) is 15.9. The van der Waals surface area contributed by atoms with Crippen LogP contribution in [0.1, 0.15) is 17.4 Å². The van der Waals surface area contributed by atoms with Gasteiger partial charge in [-0.25, -0.2) is 18.4 Å². The summed E-state index contributed by atoms with van der Waals surface area (Å²) in [5, 5.41) is 13.9. The van der Waals surface area contributed by atoms with Crippen LogP contribution in [0.3, 0.4) is 0 Å². The number of hydrogen-bond acceptors (Lipinski definition) is 5. The molecule has 2 unspecified atom stereocenters. The Kier molecular flexibility index (Phi) is 4.04. The fraction of sp³-hybridized carbons (Fsp3) is 0.455. The lowest BCUT2D eigenvalue weighted by Crippen LogP contribution is -2.45. The first-order valence-corrected chi connectivity index (χ1v) is 8.58. The predicted octanol–water partition coefficient (Wildman–Crippen LogP) is -0.339. The van der Waals surface area contributed by atoms with Gasteiger partial charge in [0.15, 0.2) is 0 Å². The van der Waals surface area contributed by atoms with Crippen LogP contribution in [0.4, 0.5) is 0 Å². The van der Waals surface area contributed by atoms with Gasteiger partial charge in [0, 0.05) is 19.0 Å². The molecule has 0 spiro atoms. The number of carboxylic acid groups (broad SMARTS) is 1. The third-order valence-electron chi connectivity index (χ3n) is 3.27. The zero-order valence-corrected chi connectivity index (χ0v) is 13.0. The van der Waals surface area contributed by atoms with Crippen molar-refractivity contribution in [2.45, 2.75) is 23.2 Å². The van der Waals surface area contributed by atoms with Crippen molar-refractivity contribution in [2.24, 2.45) is 12.2 Å². The molecule has 8 nitrogen and oxygen atoms in total. The number of carbonyl (C=O) groups excluding carboxylic acids is 1. The average Bonchev–Trinajstić information content (AvgIpc) is 2.91. The Morgan fingerprint density at radius 1 is 1.48 bits per heavy atom. The molecule has 0 aromatic carbocycles. The highest BCUT2D eigenvalue weighted by Gasteiger charge is 2.40. The van der Waals surface area contributed by atoms with Gasteiger partial charge in [0.2, 0.25) is 10.0 Å². The highest BCUT2D eigenvalue weighted by atomic mass is 32.2. The van der Waals surface area contributed by atoms with Crippen molar-refractivity contribution in [3.05, 3.63) is 18.0 Å². The lowest BCUT2D eigenvalue weighted by atomic mass is 10.2. The molecule has 0 radical (unpaired) electrons. The first kappa shape index (κ1) is 15.9. The summed E-state index contributed by atoms with van der Waals surface area (Å²) >= 11 is 1.36. The monoisotopic (exact) mass is 333 g/mol. The molecule has 116 valence electrons. The van der Waals surface area contributed by atoms with Gasteiger partial charge in [0.25, 0.3) is 5.91 Å². The van der Waals surface area contributed by atoms with E-state index in [4.69, 9.17) is 5.14 Å².